The molecule has 5 rings (SSSR count). The van der Waals surface area contributed by atoms with E-state index in [1.807, 2.05) is 18.2 Å². The van der Waals surface area contributed by atoms with E-state index >= 15 is 0 Å². The molecule has 0 bridgehead atoms. The summed E-state index contributed by atoms with van der Waals surface area (Å²) in [6.07, 6.45) is 5.95. The van der Waals surface area contributed by atoms with Gasteiger partial charge in [-0.1, -0.05) is 35.9 Å². The van der Waals surface area contributed by atoms with Gasteiger partial charge in [-0.05, 0) is 59.4 Å². The number of nitrogens with two attached hydrogens (primary N) is 1. The minimum Gasteiger partial charge on any atom is -0.326 e. The van der Waals surface area contributed by atoms with E-state index in [2.05, 4.69) is 14.7 Å². The molecule has 2 heterocycles. The van der Waals surface area contributed by atoms with Crippen molar-refractivity contribution in [2.75, 3.05) is 4.72 Å². The Labute approximate surface area is 208 Å². The van der Waals surface area contributed by atoms with E-state index in [0.717, 1.165) is 33.9 Å². The number of nitrogens with one attached hydrogen (secondary N) is 1. The van der Waals surface area contributed by atoms with Crippen LogP contribution in [-0.2, 0) is 27.8 Å². The summed E-state index contributed by atoms with van der Waals surface area (Å²) < 4.78 is 28.0. The van der Waals surface area contributed by atoms with E-state index < -0.39 is 10.0 Å². The summed E-state index contributed by atoms with van der Waals surface area (Å²) in [6, 6.07) is 15.8. The first kappa shape index (κ1) is 23.4. The Morgan fingerprint density at radius 1 is 1.06 bits per heavy atom. The second kappa shape index (κ2) is 9.37. The van der Waals surface area contributed by atoms with Crippen LogP contribution in [0.5, 0.6) is 0 Å². The molecule has 0 aliphatic heterocycles. The molecule has 178 valence electrons. The first-order valence-electron chi connectivity index (χ1n) is 11.2. The Bertz CT molecular complexity index is 1520. The molecule has 1 aliphatic rings. The molecule has 2 aromatic carbocycles. The quantitative estimate of drug-likeness (QED) is 0.364. The van der Waals surface area contributed by atoms with Gasteiger partial charge in [-0.15, -0.1) is 0 Å². The van der Waals surface area contributed by atoms with E-state index in [0.29, 0.717) is 18.0 Å². The number of anilines is 1. The molecule has 2 unspecified atom stereocenters. The molecule has 1 aliphatic carbocycles. The van der Waals surface area contributed by atoms with Crippen LogP contribution in [-0.4, -0.2) is 24.2 Å². The first-order chi connectivity index (χ1) is 16.8. The zero-order valence-corrected chi connectivity index (χ0v) is 20.3. The number of carbonyl (C=O) groups excluding carboxylic acids is 1. The Morgan fingerprint density at radius 3 is 2.63 bits per heavy atom. The van der Waals surface area contributed by atoms with Crippen LogP contribution in [0.1, 0.15) is 29.0 Å². The maximum atomic E-state index is 12.9. The average molecular weight is 507 g/mol. The number of rotatable bonds is 8. The monoisotopic (exact) mass is 506 g/mol. The van der Waals surface area contributed by atoms with Crippen molar-refractivity contribution >= 4 is 44.0 Å². The van der Waals surface area contributed by atoms with E-state index in [-0.39, 0.29) is 28.3 Å². The third-order valence-electron chi connectivity index (χ3n) is 6.28. The highest BCUT2D eigenvalue weighted by atomic mass is 35.5. The maximum absolute atomic E-state index is 12.9. The van der Waals surface area contributed by atoms with Gasteiger partial charge in [0, 0.05) is 48.2 Å². The topological polar surface area (TPSA) is 115 Å². The van der Waals surface area contributed by atoms with E-state index in [1.165, 1.54) is 6.20 Å². The Hall–Kier alpha value is -3.33. The number of sulfonamides is 1. The van der Waals surface area contributed by atoms with Crippen molar-refractivity contribution in [1.82, 2.24) is 9.97 Å². The Balaban J connectivity index is 1.24. The summed E-state index contributed by atoms with van der Waals surface area (Å²) in [4.78, 5) is 21.2. The Morgan fingerprint density at radius 2 is 1.86 bits per heavy atom. The van der Waals surface area contributed by atoms with Gasteiger partial charge in [0.1, 0.15) is 11.6 Å². The fourth-order valence-corrected chi connectivity index (χ4v) is 5.50. The van der Waals surface area contributed by atoms with Crippen molar-refractivity contribution in [2.45, 2.75) is 30.2 Å². The summed E-state index contributed by atoms with van der Waals surface area (Å²) >= 11 is 6.24. The number of fused-ring (bicyclic) bond motifs is 1. The number of Topliss-reactive ketones (excluding diaryl/α,β-unsaturated/α-hetero) is 1. The fourth-order valence-electron chi connectivity index (χ4n) is 4.28. The largest absolute Gasteiger partial charge is 0.326 e. The van der Waals surface area contributed by atoms with Crippen molar-refractivity contribution < 1.29 is 13.2 Å². The zero-order valence-electron chi connectivity index (χ0n) is 18.7. The minimum atomic E-state index is -3.79. The molecule has 0 radical (unpaired) electrons. The highest BCUT2D eigenvalue weighted by molar-refractivity contribution is 7.92. The molecule has 0 spiro atoms. The van der Waals surface area contributed by atoms with Crippen LogP contribution in [0, 0.1) is 5.92 Å². The van der Waals surface area contributed by atoms with Gasteiger partial charge in [-0.2, -0.15) is 0 Å². The molecule has 1 saturated carbocycles. The van der Waals surface area contributed by atoms with Gasteiger partial charge < -0.3 is 5.73 Å². The van der Waals surface area contributed by atoms with Crippen LogP contribution < -0.4 is 10.5 Å². The van der Waals surface area contributed by atoms with E-state index in [1.54, 1.807) is 48.8 Å². The van der Waals surface area contributed by atoms with Gasteiger partial charge in [0.15, 0.2) is 0 Å². The second-order valence-electron chi connectivity index (χ2n) is 8.70. The molecule has 0 saturated heterocycles. The summed E-state index contributed by atoms with van der Waals surface area (Å²) in [5, 5.41) is 2.38. The molecule has 2 aromatic heterocycles. The lowest BCUT2D eigenvalue weighted by atomic mass is 10.0. The number of benzene rings is 2. The average Bonchev–Trinajstić information content (AvgIpc) is 3.66. The fraction of sp³-hybridized carbons (Fsp3) is 0.192. The number of carbonyl (C=O) groups is 1. The predicted molar refractivity (Wildman–Crippen MR) is 136 cm³/mol. The molecule has 35 heavy (non-hydrogen) atoms. The number of hydrogen-bond donors (Lipinski definition) is 2. The van der Waals surface area contributed by atoms with Gasteiger partial charge in [0.05, 0.1) is 9.92 Å². The van der Waals surface area contributed by atoms with Crippen LogP contribution in [0.15, 0.2) is 78.1 Å². The molecule has 9 heteroatoms. The van der Waals surface area contributed by atoms with Gasteiger partial charge in [0.25, 0.3) is 10.0 Å². The molecular weight excluding hydrogens is 484 g/mol. The van der Waals surface area contributed by atoms with Crippen LogP contribution in [0.2, 0.25) is 5.02 Å². The number of ketones is 1. The van der Waals surface area contributed by atoms with Gasteiger partial charge in [0.2, 0.25) is 0 Å². The number of nitrogens with zero attached hydrogens (tertiary/aromatic N) is 2. The number of pyridine rings is 2. The van der Waals surface area contributed by atoms with Crippen molar-refractivity contribution in [3.8, 4) is 0 Å². The summed E-state index contributed by atoms with van der Waals surface area (Å²) in [5.41, 5.74) is 8.26. The number of aromatic nitrogens is 2. The molecule has 4 aromatic rings. The van der Waals surface area contributed by atoms with Gasteiger partial charge in [-0.3, -0.25) is 14.5 Å². The summed E-state index contributed by atoms with van der Waals surface area (Å²) in [7, 11) is -3.79. The van der Waals surface area contributed by atoms with Crippen LogP contribution in [0.4, 0.5) is 5.82 Å². The standard InChI is InChI=1S/C26H23ClN4O3S/c27-24-15-29-14-19-2-1-16(9-22(19)24)10-25(32)23-12-21(23)18-3-5-20(6-4-18)35(33,34)31-26-11-17(13-28)7-8-30-26/h1-9,11,14-15,21,23H,10,12-13,28H2,(H,30,31). The highest BCUT2D eigenvalue weighted by Crippen LogP contribution is 2.48. The lowest BCUT2D eigenvalue weighted by Gasteiger charge is -2.09. The van der Waals surface area contributed by atoms with Crippen molar-refractivity contribution in [1.29, 1.82) is 0 Å². The van der Waals surface area contributed by atoms with E-state index in [9.17, 15) is 13.2 Å². The molecule has 1 fully saturated rings. The van der Waals surface area contributed by atoms with Crippen LogP contribution in [0.3, 0.4) is 0 Å². The van der Waals surface area contributed by atoms with Crippen molar-refractivity contribution in [3.05, 3.63) is 94.9 Å². The van der Waals surface area contributed by atoms with Gasteiger partial charge >= 0.3 is 0 Å². The smallest absolute Gasteiger partial charge is 0.263 e. The number of hydrogen-bond acceptors (Lipinski definition) is 6. The summed E-state index contributed by atoms with van der Waals surface area (Å²) in [6.45, 7) is 0.291. The maximum Gasteiger partial charge on any atom is 0.263 e. The summed E-state index contributed by atoms with van der Waals surface area (Å²) in [5.74, 6) is 0.422. The molecule has 7 nitrogen and oxygen atoms in total. The second-order valence-corrected chi connectivity index (χ2v) is 10.8. The minimum absolute atomic E-state index is 0.0672. The molecular formula is C26H23ClN4O3S. The van der Waals surface area contributed by atoms with Gasteiger partial charge in [-0.25, -0.2) is 13.4 Å². The lowest BCUT2D eigenvalue weighted by molar-refractivity contribution is -0.119. The predicted octanol–water partition coefficient (Wildman–Crippen LogP) is 4.46. The number of halogens is 1. The molecule has 2 atom stereocenters. The van der Waals surface area contributed by atoms with Crippen LogP contribution in [0.25, 0.3) is 10.8 Å². The normalized spacial score (nSPS) is 17.3. The molecule has 3 N–H and O–H groups in total. The van der Waals surface area contributed by atoms with E-state index in [4.69, 9.17) is 17.3 Å². The SMILES string of the molecule is NCc1ccnc(NS(=O)(=O)c2ccc(C3CC3C(=O)Cc3ccc4cncc(Cl)c4c3)cc2)c1. The Kier molecular flexibility index (Phi) is 6.27. The lowest BCUT2D eigenvalue weighted by Crippen LogP contribution is -2.14. The molecule has 0 amide bonds. The third-order valence-corrected chi connectivity index (χ3v) is 7.95. The first-order valence-corrected chi connectivity index (χ1v) is 13.0. The van der Waals surface area contributed by atoms with Crippen LogP contribution >= 0.6 is 11.6 Å². The third kappa shape index (κ3) is 5.05. The van der Waals surface area contributed by atoms with Crippen molar-refractivity contribution in [3.63, 3.8) is 0 Å². The zero-order chi connectivity index (χ0) is 24.6. The highest BCUT2D eigenvalue weighted by Gasteiger charge is 2.43. The van der Waals surface area contributed by atoms with Crippen molar-refractivity contribution in [2.24, 2.45) is 11.7 Å².